The molecule has 0 aliphatic rings. The van der Waals surface area contributed by atoms with Crippen molar-refractivity contribution in [3.05, 3.63) is 58.3 Å². The summed E-state index contributed by atoms with van der Waals surface area (Å²) >= 11 is 11.6. The number of nitrogens with one attached hydrogen (secondary N) is 1. The van der Waals surface area contributed by atoms with Crippen LogP contribution in [0.2, 0.25) is 10.2 Å². The Hall–Kier alpha value is -1.29. The number of pyridine rings is 1. The molecule has 5 heteroatoms. The number of anilines is 1. The maximum atomic E-state index is 5.81. The lowest BCUT2D eigenvalue weighted by molar-refractivity contribution is 0.130. The molecule has 0 saturated carbocycles. The number of ether oxygens (including phenoxy) is 1. The lowest BCUT2D eigenvalue weighted by Gasteiger charge is -2.07. The molecule has 1 aromatic carbocycles. The minimum absolute atomic E-state index is 0.479. The standard InChI is InChI=1S/C14H14Cl2N2O/c15-12-3-1-11(2-4-12)10-19-8-7-17-13-5-6-18-14(16)9-13/h1-6,9H,7-8,10H2,(H,17,18). The molecule has 0 fully saturated rings. The third-order valence-corrected chi connectivity index (χ3v) is 2.94. The normalized spacial score (nSPS) is 10.4. The molecule has 19 heavy (non-hydrogen) atoms. The number of hydrogen-bond donors (Lipinski definition) is 1. The number of nitrogens with zero attached hydrogens (tertiary/aromatic N) is 1. The van der Waals surface area contributed by atoms with Crippen LogP contribution >= 0.6 is 23.2 Å². The Kier molecular flexibility index (Phi) is 5.45. The number of aromatic nitrogens is 1. The Bertz CT molecular complexity index is 517. The van der Waals surface area contributed by atoms with Crippen molar-refractivity contribution < 1.29 is 4.74 Å². The Labute approximate surface area is 122 Å². The summed E-state index contributed by atoms with van der Waals surface area (Å²) in [5.41, 5.74) is 2.05. The van der Waals surface area contributed by atoms with Gasteiger partial charge in [-0.2, -0.15) is 0 Å². The predicted octanol–water partition coefficient (Wildman–Crippen LogP) is 4.02. The lowest BCUT2D eigenvalue weighted by Crippen LogP contribution is -2.09. The molecule has 0 unspecified atom stereocenters. The predicted molar refractivity (Wildman–Crippen MR) is 78.8 cm³/mol. The molecule has 1 aromatic heterocycles. The van der Waals surface area contributed by atoms with Crippen LogP contribution in [-0.4, -0.2) is 18.1 Å². The molecule has 0 saturated heterocycles. The van der Waals surface area contributed by atoms with E-state index in [1.165, 1.54) is 0 Å². The second-order valence-corrected chi connectivity index (χ2v) is 4.80. The molecule has 3 nitrogen and oxygen atoms in total. The first kappa shape index (κ1) is 14.1. The Morgan fingerprint density at radius 3 is 2.63 bits per heavy atom. The van der Waals surface area contributed by atoms with Crippen molar-refractivity contribution in [1.82, 2.24) is 4.98 Å². The lowest BCUT2D eigenvalue weighted by atomic mass is 10.2. The van der Waals surface area contributed by atoms with E-state index in [0.717, 1.165) is 16.3 Å². The molecule has 1 N–H and O–H groups in total. The maximum Gasteiger partial charge on any atom is 0.131 e. The van der Waals surface area contributed by atoms with E-state index in [9.17, 15) is 0 Å². The van der Waals surface area contributed by atoms with Gasteiger partial charge in [0.05, 0.1) is 13.2 Å². The molecular weight excluding hydrogens is 283 g/mol. The van der Waals surface area contributed by atoms with Gasteiger partial charge in [0, 0.05) is 23.5 Å². The van der Waals surface area contributed by atoms with E-state index in [0.29, 0.717) is 24.9 Å². The van der Waals surface area contributed by atoms with E-state index in [4.69, 9.17) is 27.9 Å². The zero-order valence-electron chi connectivity index (χ0n) is 10.3. The van der Waals surface area contributed by atoms with Crippen LogP contribution in [0, 0.1) is 0 Å². The summed E-state index contributed by atoms with van der Waals surface area (Å²) in [7, 11) is 0. The highest BCUT2D eigenvalue weighted by Gasteiger charge is 1.96. The van der Waals surface area contributed by atoms with Crippen LogP contribution < -0.4 is 5.32 Å². The average Bonchev–Trinajstić information content (AvgIpc) is 2.41. The van der Waals surface area contributed by atoms with Crippen LogP contribution in [0.25, 0.3) is 0 Å². The summed E-state index contributed by atoms with van der Waals surface area (Å²) in [4.78, 5) is 3.91. The highest BCUT2D eigenvalue weighted by Crippen LogP contribution is 2.12. The van der Waals surface area contributed by atoms with Gasteiger partial charge < -0.3 is 10.1 Å². The fourth-order valence-electron chi connectivity index (χ4n) is 1.55. The van der Waals surface area contributed by atoms with Gasteiger partial charge in [0.1, 0.15) is 5.15 Å². The summed E-state index contributed by atoms with van der Waals surface area (Å²) in [5.74, 6) is 0. The largest absolute Gasteiger partial charge is 0.383 e. The second kappa shape index (κ2) is 7.34. The molecule has 0 bridgehead atoms. The van der Waals surface area contributed by atoms with Crippen molar-refractivity contribution in [3.8, 4) is 0 Å². The number of hydrogen-bond acceptors (Lipinski definition) is 3. The smallest absolute Gasteiger partial charge is 0.131 e. The SMILES string of the molecule is Clc1ccc(COCCNc2ccnc(Cl)c2)cc1. The van der Waals surface area contributed by atoms with E-state index < -0.39 is 0 Å². The van der Waals surface area contributed by atoms with Crippen LogP contribution in [0.15, 0.2) is 42.6 Å². The van der Waals surface area contributed by atoms with E-state index >= 15 is 0 Å². The van der Waals surface area contributed by atoms with Crippen molar-refractivity contribution >= 4 is 28.9 Å². The highest BCUT2D eigenvalue weighted by atomic mass is 35.5. The Balaban J connectivity index is 1.66. The van der Waals surface area contributed by atoms with Crippen molar-refractivity contribution in [1.29, 1.82) is 0 Å². The molecule has 2 rings (SSSR count). The average molecular weight is 297 g/mol. The van der Waals surface area contributed by atoms with Crippen LogP contribution in [0.1, 0.15) is 5.56 Å². The third kappa shape index (κ3) is 5.07. The van der Waals surface area contributed by atoms with Gasteiger partial charge in [0.2, 0.25) is 0 Å². The van der Waals surface area contributed by atoms with Crippen LogP contribution in [0.3, 0.4) is 0 Å². The first-order valence-electron chi connectivity index (χ1n) is 5.91. The number of halogens is 2. The van der Waals surface area contributed by atoms with Crippen LogP contribution in [0.5, 0.6) is 0 Å². The van der Waals surface area contributed by atoms with Crippen molar-refractivity contribution in [3.63, 3.8) is 0 Å². The number of rotatable bonds is 6. The molecule has 0 aliphatic carbocycles. The molecule has 1 heterocycles. The minimum atomic E-state index is 0.479. The highest BCUT2D eigenvalue weighted by molar-refractivity contribution is 6.30. The maximum absolute atomic E-state index is 5.81. The van der Waals surface area contributed by atoms with Gasteiger partial charge in [-0.25, -0.2) is 4.98 Å². The fraction of sp³-hybridized carbons (Fsp3) is 0.214. The quantitative estimate of drug-likeness (QED) is 0.646. The van der Waals surface area contributed by atoms with Crippen LogP contribution in [0.4, 0.5) is 5.69 Å². The first-order chi connectivity index (χ1) is 9.24. The molecule has 0 radical (unpaired) electrons. The summed E-state index contributed by atoms with van der Waals surface area (Å²) < 4.78 is 5.56. The van der Waals surface area contributed by atoms with E-state index in [1.807, 2.05) is 30.3 Å². The third-order valence-electron chi connectivity index (χ3n) is 2.48. The van der Waals surface area contributed by atoms with E-state index in [-0.39, 0.29) is 0 Å². The van der Waals surface area contributed by atoms with Crippen molar-refractivity contribution in [2.45, 2.75) is 6.61 Å². The fourth-order valence-corrected chi connectivity index (χ4v) is 1.85. The number of benzene rings is 1. The Morgan fingerprint density at radius 1 is 1.11 bits per heavy atom. The van der Waals surface area contributed by atoms with Gasteiger partial charge in [0.25, 0.3) is 0 Å². The summed E-state index contributed by atoms with van der Waals surface area (Å²) in [6, 6.07) is 11.3. The molecule has 0 amide bonds. The van der Waals surface area contributed by atoms with Crippen molar-refractivity contribution in [2.75, 3.05) is 18.5 Å². The molecule has 0 spiro atoms. The topological polar surface area (TPSA) is 34.1 Å². The molecular formula is C14H14Cl2N2O. The van der Waals surface area contributed by atoms with Crippen molar-refractivity contribution in [2.24, 2.45) is 0 Å². The van der Waals surface area contributed by atoms with Gasteiger partial charge in [0.15, 0.2) is 0 Å². The van der Waals surface area contributed by atoms with E-state index in [2.05, 4.69) is 10.3 Å². The van der Waals surface area contributed by atoms with E-state index in [1.54, 1.807) is 12.3 Å². The van der Waals surface area contributed by atoms with Gasteiger partial charge in [-0.1, -0.05) is 35.3 Å². The minimum Gasteiger partial charge on any atom is -0.383 e. The summed E-state index contributed by atoms with van der Waals surface area (Å²) in [6.45, 7) is 1.91. The van der Waals surface area contributed by atoms with Gasteiger partial charge in [-0.15, -0.1) is 0 Å². The van der Waals surface area contributed by atoms with Gasteiger partial charge in [-0.3, -0.25) is 0 Å². The second-order valence-electron chi connectivity index (χ2n) is 3.97. The zero-order chi connectivity index (χ0) is 13.5. The van der Waals surface area contributed by atoms with Gasteiger partial charge >= 0.3 is 0 Å². The van der Waals surface area contributed by atoms with Gasteiger partial charge in [-0.05, 0) is 29.8 Å². The summed E-state index contributed by atoms with van der Waals surface area (Å²) in [6.07, 6.45) is 1.67. The molecule has 100 valence electrons. The summed E-state index contributed by atoms with van der Waals surface area (Å²) in [5, 5.41) is 4.43. The molecule has 0 aliphatic heterocycles. The molecule has 0 atom stereocenters. The molecule has 2 aromatic rings. The van der Waals surface area contributed by atoms with Crippen LogP contribution in [-0.2, 0) is 11.3 Å². The first-order valence-corrected chi connectivity index (χ1v) is 6.67. The zero-order valence-corrected chi connectivity index (χ0v) is 11.8. The Morgan fingerprint density at radius 2 is 1.89 bits per heavy atom. The monoisotopic (exact) mass is 296 g/mol.